The lowest BCUT2D eigenvalue weighted by molar-refractivity contribution is -0.114. The zero-order chi connectivity index (χ0) is 23.1. The maximum absolute atomic E-state index is 13.2. The van der Waals surface area contributed by atoms with E-state index in [1.165, 1.54) is 11.0 Å². The van der Waals surface area contributed by atoms with E-state index in [0.29, 0.717) is 31.9 Å². The van der Waals surface area contributed by atoms with Crippen molar-refractivity contribution in [3.8, 4) is 0 Å². The third-order valence-electron chi connectivity index (χ3n) is 4.62. The van der Waals surface area contributed by atoms with Crippen LogP contribution in [0, 0.1) is 0 Å². The molecule has 1 amide bonds. The Balaban J connectivity index is 1.92. The zero-order valence-corrected chi connectivity index (χ0v) is 19.5. The van der Waals surface area contributed by atoms with Crippen LogP contribution in [0.4, 0.5) is 5.69 Å². The fourth-order valence-electron chi connectivity index (χ4n) is 2.96. The van der Waals surface area contributed by atoms with Gasteiger partial charge in [-0.1, -0.05) is 53.0 Å². The average Bonchev–Trinajstić information content (AvgIpc) is 2.79. The molecule has 0 bridgehead atoms. The number of halogens is 3. The minimum atomic E-state index is -0.422. The van der Waals surface area contributed by atoms with E-state index >= 15 is 0 Å². The summed E-state index contributed by atoms with van der Waals surface area (Å²) in [5.41, 5.74) is 2.44. The molecule has 3 aromatic carbocycles. The fraction of sp³-hybridized carbons (Fsp3) is 0.120. The fourth-order valence-corrected chi connectivity index (χ4v) is 3.60. The van der Waals surface area contributed by atoms with Crippen molar-refractivity contribution in [1.29, 1.82) is 0 Å². The van der Waals surface area contributed by atoms with Crippen molar-refractivity contribution in [2.75, 3.05) is 11.5 Å². The highest BCUT2D eigenvalue weighted by Crippen LogP contribution is 2.28. The van der Waals surface area contributed by atoms with Crippen LogP contribution < -0.4 is 4.90 Å². The van der Waals surface area contributed by atoms with Crippen molar-refractivity contribution < 1.29 is 14.3 Å². The predicted octanol–water partition coefficient (Wildman–Crippen LogP) is 7.07. The van der Waals surface area contributed by atoms with Crippen molar-refractivity contribution in [3.63, 3.8) is 0 Å². The standard InChI is InChI=1S/C25H20Cl3NO3/c1-2-32-25(31)18-9-13-20(14-10-18)29(16-21-22(27)4-3-5-23(21)28)24(30)15-8-17-6-11-19(26)12-7-17/h3-15H,2,16H2,1H3/b15-8+. The van der Waals surface area contributed by atoms with E-state index in [1.807, 2.05) is 12.1 Å². The van der Waals surface area contributed by atoms with Gasteiger partial charge in [0, 0.05) is 32.4 Å². The smallest absolute Gasteiger partial charge is 0.338 e. The van der Waals surface area contributed by atoms with E-state index in [-0.39, 0.29) is 19.1 Å². The first-order chi connectivity index (χ1) is 15.4. The number of ether oxygens (including phenoxy) is 1. The normalized spacial score (nSPS) is 10.9. The van der Waals surface area contributed by atoms with Crippen molar-refractivity contribution in [1.82, 2.24) is 0 Å². The van der Waals surface area contributed by atoms with Crippen molar-refractivity contribution in [2.45, 2.75) is 13.5 Å². The van der Waals surface area contributed by atoms with Crippen LogP contribution in [-0.2, 0) is 16.1 Å². The molecule has 0 N–H and O–H groups in total. The third-order valence-corrected chi connectivity index (χ3v) is 5.58. The van der Waals surface area contributed by atoms with E-state index in [0.717, 1.165) is 5.56 Å². The highest BCUT2D eigenvalue weighted by molar-refractivity contribution is 6.36. The van der Waals surface area contributed by atoms with Crippen LogP contribution in [-0.4, -0.2) is 18.5 Å². The van der Waals surface area contributed by atoms with E-state index in [9.17, 15) is 9.59 Å². The van der Waals surface area contributed by atoms with Crippen molar-refractivity contribution in [3.05, 3.63) is 105 Å². The van der Waals surface area contributed by atoms with E-state index in [2.05, 4.69) is 0 Å². The van der Waals surface area contributed by atoms with Gasteiger partial charge < -0.3 is 9.64 Å². The van der Waals surface area contributed by atoms with Gasteiger partial charge in [-0.3, -0.25) is 4.79 Å². The lowest BCUT2D eigenvalue weighted by Gasteiger charge is -2.23. The van der Waals surface area contributed by atoms with Crippen LogP contribution in [0.25, 0.3) is 6.08 Å². The molecule has 0 aliphatic rings. The number of amides is 1. The molecule has 164 valence electrons. The van der Waals surface area contributed by atoms with Crippen LogP contribution in [0.5, 0.6) is 0 Å². The minimum Gasteiger partial charge on any atom is -0.462 e. The summed E-state index contributed by atoms with van der Waals surface area (Å²) in [4.78, 5) is 26.7. The van der Waals surface area contributed by atoms with Gasteiger partial charge in [0.2, 0.25) is 0 Å². The molecule has 3 aromatic rings. The Morgan fingerprint density at radius 3 is 2.12 bits per heavy atom. The summed E-state index contributed by atoms with van der Waals surface area (Å²) in [5.74, 6) is -0.700. The molecule has 3 rings (SSSR count). The Labute approximate surface area is 202 Å². The summed E-state index contributed by atoms with van der Waals surface area (Å²) in [7, 11) is 0. The number of carbonyl (C=O) groups is 2. The molecule has 0 saturated heterocycles. The first kappa shape index (κ1) is 23.9. The summed E-state index contributed by atoms with van der Waals surface area (Å²) in [6.07, 6.45) is 3.17. The lowest BCUT2D eigenvalue weighted by Crippen LogP contribution is -2.29. The summed E-state index contributed by atoms with van der Waals surface area (Å²) in [5, 5.41) is 1.53. The van der Waals surface area contributed by atoms with Gasteiger partial charge in [-0.15, -0.1) is 0 Å². The number of carbonyl (C=O) groups excluding carboxylic acids is 2. The highest BCUT2D eigenvalue weighted by Gasteiger charge is 2.18. The molecule has 0 radical (unpaired) electrons. The van der Waals surface area contributed by atoms with Crippen LogP contribution in [0.15, 0.2) is 72.8 Å². The number of hydrogen-bond donors (Lipinski definition) is 0. The van der Waals surface area contributed by atoms with Gasteiger partial charge in [0.05, 0.1) is 18.7 Å². The van der Waals surface area contributed by atoms with E-state index in [1.54, 1.807) is 67.6 Å². The van der Waals surface area contributed by atoms with Gasteiger partial charge in [0.15, 0.2) is 0 Å². The third kappa shape index (κ3) is 6.13. The quantitative estimate of drug-likeness (QED) is 0.264. The molecular formula is C25H20Cl3NO3. The largest absolute Gasteiger partial charge is 0.462 e. The number of rotatable bonds is 7. The molecule has 0 saturated carbocycles. The van der Waals surface area contributed by atoms with Crippen LogP contribution in [0.1, 0.15) is 28.4 Å². The number of esters is 1. The van der Waals surface area contributed by atoms with Crippen molar-refractivity contribution >= 4 is 58.4 Å². The molecule has 0 heterocycles. The number of nitrogens with zero attached hydrogens (tertiary/aromatic N) is 1. The summed E-state index contributed by atoms with van der Waals surface area (Å²) >= 11 is 18.6. The minimum absolute atomic E-state index is 0.154. The van der Waals surface area contributed by atoms with E-state index in [4.69, 9.17) is 39.5 Å². The molecule has 0 aromatic heterocycles. The predicted molar refractivity (Wildman–Crippen MR) is 131 cm³/mol. The molecule has 0 spiro atoms. The molecular weight excluding hydrogens is 469 g/mol. The zero-order valence-electron chi connectivity index (χ0n) is 17.2. The molecule has 0 unspecified atom stereocenters. The Kier molecular flexibility index (Phi) is 8.34. The lowest BCUT2D eigenvalue weighted by atomic mass is 10.1. The Morgan fingerprint density at radius 2 is 1.53 bits per heavy atom. The maximum atomic E-state index is 13.2. The number of benzene rings is 3. The molecule has 0 aliphatic carbocycles. The second-order valence-electron chi connectivity index (χ2n) is 6.78. The molecule has 0 fully saturated rings. The SMILES string of the molecule is CCOC(=O)c1ccc(N(Cc2c(Cl)cccc2Cl)C(=O)/C=C/c2ccc(Cl)cc2)cc1. The van der Waals surface area contributed by atoms with Crippen LogP contribution in [0.3, 0.4) is 0 Å². The second-order valence-corrected chi connectivity index (χ2v) is 8.03. The van der Waals surface area contributed by atoms with Gasteiger partial charge >= 0.3 is 5.97 Å². The number of hydrogen-bond acceptors (Lipinski definition) is 3. The topological polar surface area (TPSA) is 46.6 Å². The summed E-state index contributed by atoms with van der Waals surface area (Å²) < 4.78 is 5.02. The van der Waals surface area contributed by atoms with Crippen LogP contribution in [0.2, 0.25) is 15.1 Å². The Morgan fingerprint density at radius 1 is 0.906 bits per heavy atom. The summed E-state index contributed by atoms with van der Waals surface area (Å²) in [6, 6.07) is 18.9. The van der Waals surface area contributed by atoms with Gasteiger partial charge in [0.25, 0.3) is 5.91 Å². The van der Waals surface area contributed by atoms with Gasteiger partial charge in [-0.25, -0.2) is 4.79 Å². The van der Waals surface area contributed by atoms with Gasteiger partial charge in [0.1, 0.15) is 0 Å². The second kappa shape index (κ2) is 11.2. The van der Waals surface area contributed by atoms with Gasteiger partial charge in [-0.05, 0) is 67.1 Å². The highest BCUT2D eigenvalue weighted by atomic mass is 35.5. The first-order valence-electron chi connectivity index (χ1n) is 9.84. The molecule has 4 nitrogen and oxygen atoms in total. The maximum Gasteiger partial charge on any atom is 0.338 e. The Bertz CT molecular complexity index is 1110. The first-order valence-corrected chi connectivity index (χ1v) is 11.0. The molecule has 7 heteroatoms. The molecule has 0 aliphatic heterocycles. The monoisotopic (exact) mass is 487 g/mol. The van der Waals surface area contributed by atoms with Gasteiger partial charge in [-0.2, -0.15) is 0 Å². The molecule has 32 heavy (non-hydrogen) atoms. The average molecular weight is 489 g/mol. The molecule has 0 atom stereocenters. The van der Waals surface area contributed by atoms with Crippen LogP contribution >= 0.6 is 34.8 Å². The van der Waals surface area contributed by atoms with E-state index < -0.39 is 5.97 Å². The van der Waals surface area contributed by atoms with Crippen molar-refractivity contribution in [2.24, 2.45) is 0 Å². The number of anilines is 1. The Hall–Kier alpha value is -2.79. The summed E-state index contributed by atoms with van der Waals surface area (Å²) in [6.45, 7) is 2.18.